The Bertz CT molecular complexity index is 936. The summed E-state index contributed by atoms with van der Waals surface area (Å²) in [5, 5.41) is 4.16. The summed E-state index contributed by atoms with van der Waals surface area (Å²) in [6.07, 6.45) is 2.19. The smallest absolute Gasteiger partial charge is 0.241 e. The molecule has 1 unspecified atom stereocenters. The van der Waals surface area contributed by atoms with E-state index in [1.54, 1.807) is 14.2 Å². The first-order chi connectivity index (χ1) is 13.7. The van der Waals surface area contributed by atoms with Crippen molar-refractivity contribution in [2.75, 3.05) is 20.8 Å². The van der Waals surface area contributed by atoms with Crippen molar-refractivity contribution in [3.63, 3.8) is 0 Å². The van der Waals surface area contributed by atoms with Gasteiger partial charge < -0.3 is 14.0 Å². The van der Waals surface area contributed by atoms with Crippen LogP contribution in [0.5, 0.6) is 11.5 Å². The molecule has 1 aromatic heterocycles. The van der Waals surface area contributed by atoms with Crippen molar-refractivity contribution < 1.29 is 14.0 Å². The number of ether oxygens (including phenoxy) is 2. The predicted octanol–water partition coefficient (Wildman–Crippen LogP) is 4.40. The van der Waals surface area contributed by atoms with Gasteiger partial charge in [0.2, 0.25) is 11.7 Å². The maximum Gasteiger partial charge on any atom is 0.241 e. The predicted molar refractivity (Wildman–Crippen MR) is 106 cm³/mol. The lowest BCUT2D eigenvalue weighted by Crippen LogP contribution is -2.23. The molecule has 0 amide bonds. The molecule has 6 nitrogen and oxygen atoms in total. The van der Waals surface area contributed by atoms with E-state index < -0.39 is 0 Å². The Morgan fingerprint density at radius 3 is 2.68 bits per heavy atom. The van der Waals surface area contributed by atoms with Gasteiger partial charge in [0.1, 0.15) is 11.5 Å². The van der Waals surface area contributed by atoms with Crippen molar-refractivity contribution in [2.24, 2.45) is 0 Å². The van der Waals surface area contributed by atoms with E-state index in [0.717, 1.165) is 36.4 Å². The molecule has 0 aliphatic carbocycles. The van der Waals surface area contributed by atoms with Gasteiger partial charge in [-0.15, -0.1) is 0 Å². The second kappa shape index (κ2) is 8.02. The van der Waals surface area contributed by atoms with Crippen LogP contribution in [0.4, 0.5) is 0 Å². The number of benzene rings is 2. The SMILES string of the molecule is COc1ccc(C2CCCN2Cc2nc(-c3ccc(C)cc3)no2)c(OC)c1. The lowest BCUT2D eigenvalue weighted by atomic mass is 10.0. The molecule has 4 rings (SSSR count). The third-order valence-corrected chi connectivity index (χ3v) is 5.28. The van der Waals surface area contributed by atoms with Gasteiger partial charge in [-0.2, -0.15) is 4.98 Å². The van der Waals surface area contributed by atoms with E-state index in [9.17, 15) is 0 Å². The van der Waals surface area contributed by atoms with Crippen molar-refractivity contribution in [2.45, 2.75) is 32.4 Å². The molecule has 2 heterocycles. The summed E-state index contributed by atoms with van der Waals surface area (Å²) in [6, 6.07) is 14.4. The van der Waals surface area contributed by atoms with E-state index in [1.807, 2.05) is 24.3 Å². The molecule has 28 heavy (non-hydrogen) atoms. The number of aryl methyl sites for hydroxylation is 1. The van der Waals surface area contributed by atoms with Crippen molar-refractivity contribution in [3.05, 3.63) is 59.5 Å². The molecule has 2 aromatic carbocycles. The van der Waals surface area contributed by atoms with Gasteiger partial charge in [0.25, 0.3) is 0 Å². The third kappa shape index (κ3) is 3.73. The van der Waals surface area contributed by atoms with Crippen LogP contribution in [0.1, 0.15) is 35.9 Å². The summed E-state index contributed by atoms with van der Waals surface area (Å²) >= 11 is 0. The standard InChI is InChI=1S/C22H25N3O3/c1-15-6-8-16(9-7-15)22-23-21(28-24-22)14-25-12-4-5-19(25)18-11-10-17(26-2)13-20(18)27-3/h6-11,13,19H,4-5,12,14H2,1-3H3. The van der Waals surface area contributed by atoms with Crippen LogP contribution in [-0.2, 0) is 6.54 Å². The molecule has 0 N–H and O–H groups in total. The highest BCUT2D eigenvalue weighted by Gasteiger charge is 2.30. The first-order valence-corrected chi connectivity index (χ1v) is 9.53. The molecule has 146 valence electrons. The van der Waals surface area contributed by atoms with Crippen LogP contribution in [0.25, 0.3) is 11.4 Å². The number of hydrogen-bond acceptors (Lipinski definition) is 6. The number of hydrogen-bond donors (Lipinski definition) is 0. The minimum absolute atomic E-state index is 0.260. The average molecular weight is 379 g/mol. The number of nitrogens with zero attached hydrogens (tertiary/aromatic N) is 3. The van der Waals surface area contributed by atoms with Crippen LogP contribution >= 0.6 is 0 Å². The zero-order valence-corrected chi connectivity index (χ0v) is 16.5. The van der Waals surface area contributed by atoms with Gasteiger partial charge in [0.05, 0.1) is 20.8 Å². The van der Waals surface area contributed by atoms with Crippen LogP contribution in [0.2, 0.25) is 0 Å². The zero-order chi connectivity index (χ0) is 19.5. The van der Waals surface area contributed by atoms with Crippen LogP contribution < -0.4 is 9.47 Å². The van der Waals surface area contributed by atoms with Crippen molar-refractivity contribution in [1.82, 2.24) is 15.0 Å². The summed E-state index contributed by atoms with van der Waals surface area (Å²) in [4.78, 5) is 6.97. The van der Waals surface area contributed by atoms with Crippen molar-refractivity contribution in [3.8, 4) is 22.9 Å². The Balaban J connectivity index is 1.53. The second-order valence-electron chi connectivity index (χ2n) is 7.11. The quantitative estimate of drug-likeness (QED) is 0.633. The summed E-state index contributed by atoms with van der Waals surface area (Å²) in [5.74, 6) is 2.91. The summed E-state index contributed by atoms with van der Waals surface area (Å²) in [7, 11) is 3.36. The first kappa shape index (κ1) is 18.5. The van der Waals surface area contributed by atoms with E-state index >= 15 is 0 Å². The molecule has 0 saturated carbocycles. The molecule has 1 saturated heterocycles. The molecular weight excluding hydrogens is 354 g/mol. The highest BCUT2D eigenvalue weighted by atomic mass is 16.5. The molecule has 1 fully saturated rings. The molecule has 3 aromatic rings. The highest BCUT2D eigenvalue weighted by Crippen LogP contribution is 2.39. The summed E-state index contributed by atoms with van der Waals surface area (Å²) in [6.45, 7) is 3.67. The number of aromatic nitrogens is 2. The second-order valence-corrected chi connectivity index (χ2v) is 7.11. The lowest BCUT2D eigenvalue weighted by molar-refractivity contribution is 0.209. The first-order valence-electron chi connectivity index (χ1n) is 9.53. The van der Waals surface area contributed by atoms with Gasteiger partial charge in [-0.25, -0.2) is 0 Å². The molecule has 0 spiro atoms. The Labute approximate surface area is 165 Å². The maximum absolute atomic E-state index is 5.61. The highest BCUT2D eigenvalue weighted by molar-refractivity contribution is 5.54. The van der Waals surface area contributed by atoms with Gasteiger partial charge in [-0.1, -0.05) is 41.1 Å². The Morgan fingerprint density at radius 1 is 1.11 bits per heavy atom. The number of methoxy groups -OCH3 is 2. The topological polar surface area (TPSA) is 60.6 Å². The summed E-state index contributed by atoms with van der Waals surface area (Å²) in [5.41, 5.74) is 3.34. The zero-order valence-electron chi connectivity index (χ0n) is 16.5. The molecule has 1 atom stereocenters. The fourth-order valence-corrected chi connectivity index (χ4v) is 3.77. The number of rotatable bonds is 6. The van der Waals surface area contributed by atoms with Gasteiger partial charge in [0.15, 0.2) is 0 Å². The van der Waals surface area contributed by atoms with Gasteiger partial charge in [0, 0.05) is 23.2 Å². The monoisotopic (exact) mass is 379 g/mol. The van der Waals surface area contributed by atoms with Gasteiger partial charge >= 0.3 is 0 Å². The molecule has 0 bridgehead atoms. The van der Waals surface area contributed by atoms with Crippen LogP contribution in [0.15, 0.2) is 47.0 Å². The fraction of sp³-hybridized carbons (Fsp3) is 0.364. The molecule has 6 heteroatoms. The van der Waals surface area contributed by atoms with Crippen LogP contribution in [0, 0.1) is 6.92 Å². The van der Waals surface area contributed by atoms with Gasteiger partial charge in [-0.05, 0) is 32.4 Å². The maximum atomic E-state index is 5.61. The normalized spacial score (nSPS) is 17.0. The molecule has 0 radical (unpaired) electrons. The number of likely N-dealkylation sites (tertiary alicyclic amines) is 1. The lowest BCUT2D eigenvalue weighted by Gasteiger charge is -2.25. The van der Waals surface area contributed by atoms with Crippen LogP contribution in [-0.4, -0.2) is 35.8 Å². The molecular formula is C22H25N3O3. The Hall–Kier alpha value is -2.86. The third-order valence-electron chi connectivity index (χ3n) is 5.28. The molecule has 1 aliphatic rings. The fourth-order valence-electron chi connectivity index (χ4n) is 3.77. The summed E-state index contributed by atoms with van der Waals surface area (Å²) < 4.78 is 16.5. The van der Waals surface area contributed by atoms with E-state index in [0.29, 0.717) is 18.3 Å². The van der Waals surface area contributed by atoms with Crippen LogP contribution in [0.3, 0.4) is 0 Å². The van der Waals surface area contributed by atoms with Crippen molar-refractivity contribution in [1.29, 1.82) is 0 Å². The average Bonchev–Trinajstić information content (AvgIpc) is 3.38. The minimum atomic E-state index is 0.260. The Morgan fingerprint density at radius 2 is 1.93 bits per heavy atom. The molecule has 1 aliphatic heterocycles. The Kier molecular flexibility index (Phi) is 5.30. The van der Waals surface area contributed by atoms with Crippen molar-refractivity contribution >= 4 is 0 Å². The van der Waals surface area contributed by atoms with E-state index in [-0.39, 0.29) is 6.04 Å². The van der Waals surface area contributed by atoms with Gasteiger partial charge in [-0.3, -0.25) is 4.90 Å². The minimum Gasteiger partial charge on any atom is -0.497 e. The van der Waals surface area contributed by atoms with E-state index in [2.05, 4.69) is 40.2 Å². The van der Waals surface area contributed by atoms with E-state index in [4.69, 9.17) is 14.0 Å². The largest absolute Gasteiger partial charge is 0.497 e. The van der Waals surface area contributed by atoms with E-state index in [1.165, 1.54) is 11.1 Å².